The van der Waals surface area contributed by atoms with Crippen molar-refractivity contribution in [1.82, 2.24) is 4.90 Å². The van der Waals surface area contributed by atoms with Gasteiger partial charge in [-0.1, -0.05) is 31.0 Å². The maximum atomic E-state index is 15.0. The summed E-state index contributed by atoms with van der Waals surface area (Å²) in [6.07, 6.45) is 7.10. The Hall–Kier alpha value is -2.89. The van der Waals surface area contributed by atoms with Crippen LogP contribution in [-0.4, -0.2) is 31.1 Å². The zero-order valence-corrected chi connectivity index (χ0v) is 19.2. The van der Waals surface area contributed by atoms with E-state index < -0.39 is 5.41 Å². The van der Waals surface area contributed by atoms with Gasteiger partial charge in [0, 0.05) is 12.1 Å². The van der Waals surface area contributed by atoms with Crippen LogP contribution in [0, 0.1) is 40.3 Å². The van der Waals surface area contributed by atoms with Crippen LogP contribution in [0.1, 0.15) is 56.1 Å². The van der Waals surface area contributed by atoms with Gasteiger partial charge in [-0.2, -0.15) is 10.5 Å². The van der Waals surface area contributed by atoms with Gasteiger partial charge in [0.1, 0.15) is 11.6 Å². The third kappa shape index (κ3) is 5.05. The Balaban J connectivity index is 1.34. The topological polar surface area (TPSA) is 60.0 Å². The van der Waals surface area contributed by atoms with Crippen molar-refractivity contribution in [2.24, 2.45) is 11.8 Å². The van der Waals surface area contributed by atoms with Crippen molar-refractivity contribution in [2.45, 2.75) is 50.4 Å². The van der Waals surface area contributed by atoms with E-state index in [4.69, 9.17) is 10.00 Å². The van der Waals surface area contributed by atoms with Crippen LogP contribution in [-0.2, 0) is 5.41 Å². The Morgan fingerprint density at radius 1 is 0.939 bits per heavy atom. The van der Waals surface area contributed by atoms with Crippen LogP contribution < -0.4 is 4.74 Å². The lowest BCUT2D eigenvalue weighted by atomic mass is 9.60. The molecule has 1 saturated carbocycles. The molecule has 0 spiro atoms. The largest absolute Gasteiger partial charge is 0.494 e. The van der Waals surface area contributed by atoms with Crippen LogP contribution in [0.2, 0.25) is 0 Å². The van der Waals surface area contributed by atoms with Crippen LogP contribution >= 0.6 is 0 Å². The number of likely N-dealkylation sites (tertiary alicyclic amines) is 1. The van der Waals surface area contributed by atoms with Crippen molar-refractivity contribution in [3.63, 3.8) is 0 Å². The average Bonchev–Trinajstić information content (AvgIpc) is 3.40. The molecule has 2 aromatic carbocycles. The van der Waals surface area contributed by atoms with Crippen molar-refractivity contribution in [3.05, 3.63) is 65.5 Å². The number of ether oxygens (including phenoxy) is 1. The van der Waals surface area contributed by atoms with Crippen LogP contribution in [0.4, 0.5) is 4.39 Å². The zero-order valence-electron chi connectivity index (χ0n) is 19.2. The summed E-state index contributed by atoms with van der Waals surface area (Å²) in [5, 5.41) is 19.4. The molecule has 5 heteroatoms. The van der Waals surface area contributed by atoms with Crippen LogP contribution in [0.15, 0.2) is 48.5 Å². The quantitative estimate of drug-likeness (QED) is 0.480. The summed E-state index contributed by atoms with van der Waals surface area (Å²) < 4.78 is 20.8. The first-order chi connectivity index (χ1) is 16.2. The van der Waals surface area contributed by atoms with E-state index in [1.807, 2.05) is 24.3 Å². The molecule has 4 nitrogen and oxygen atoms in total. The smallest absolute Gasteiger partial charge is 0.128 e. The minimum Gasteiger partial charge on any atom is -0.494 e. The van der Waals surface area contributed by atoms with Crippen molar-refractivity contribution in [1.29, 1.82) is 10.5 Å². The van der Waals surface area contributed by atoms with Gasteiger partial charge in [0.2, 0.25) is 0 Å². The SMILES string of the molecule is N#Cc1ccc(OCCCN2CCC(C(C#N)(c3ccccc3F)C3CCCC3)CC2)cc1. The van der Waals surface area contributed by atoms with Crippen molar-refractivity contribution >= 4 is 0 Å². The Bertz CT molecular complexity index is 995. The van der Waals surface area contributed by atoms with Gasteiger partial charge in [-0.3, -0.25) is 0 Å². The minimum atomic E-state index is -0.716. The van der Waals surface area contributed by atoms with Crippen LogP contribution in [0.25, 0.3) is 0 Å². The number of benzene rings is 2. The molecule has 1 aliphatic carbocycles. The van der Waals surface area contributed by atoms with E-state index in [-0.39, 0.29) is 17.7 Å². The number of piperidine rings is 1. The Labute approximate surface area is 196 Å². The molecule has 1 heterocycles. The molecular weight excluding hydrogens is 413 g/mol. The Kier molecular flexibility index (Phi) is 7.63. The standard InChI is InChI=1S/C28H32FN3O/c29-27-9-4-3-8-26(27)28(21-31,23-6-1-2-7-23)24-14-17-32(18-15-24)16-5-19-33-25-12-10-22(20-30)11-13-25/h3-4,8-13,23-24H,1-2,5-7,14-19H2. The molecule has 0 aromatic heterocycles. The molecule has 4 rings (SSSR count). The summed E-state index contributed by atoms with van der Waals surface area (Å²) in [4.78, 5) is 2.44. The van der Waals surface area contributed by atoms with Crippen LogP contribution in [0.3, 0.4) is 0 Å². The highest BCUT2D eigenvalue weighted by molar-refractivity contribution is 5.37. The van der Waals surface area contributed by atoms with Gasteiger partial charge >= 0.3 is 0 Å². The number of hydrogen-bond acceptors (Lipinski definition) is 4. The van der Waals surface area contributed by atoms with Gasteiger partial charge in [-0.05, 0) is 87.4 Å². The van der Waals surface area contributed by atoms with Gasteiger partial charge < -0.3 is 9.64 Å². The predicted molar refractivity (Wildman–Crippen MR) is 126 cm³/mol. The molecule has 1 saturated heterocycles. The first-order valence-corrected chi connectivity index (χ1v) is 12.2. The zero-order chi connectivity index (χ0) is 23.1. The van der Waals surface area contributed by atoms with Crippen molar-refractivity contribution in [2.75, 3.05) is 26.2 Å². The molecule has 172 valence electrons. The average molecular weight is 446 g/mol. The lowest BCUT2D eigenvalue weighted by molar-refractivity contribution is 0.112. The van der Waals surface area contributed by atoms with E-state index in [1.54, 1.807) is 18.2 Å². The lowest BCUT2D eigenvalue weighted by Gasteiger charge is -2.44. The van der Waals surface area contributed by atoms with Gasteiger partial charge in [0.05, 0.1) is 29.7 Å². The maximum absolute atomic E-state index is 15.0. The first-order valence-electron chi connectivity index (χ1n) is 12.2. The third-order valence-corrected chi connectivity index (χ3v) is 7.61. The molecule has 1 atom stereocenters. The fourth-order valence-electron chi connectivity index (χ4n) is 5.91. The van der Waals surface area contributed by atoms with E-state index in [9.17, 15) is 9.65 Å². The molecule has 1 unspecified atom stereocenters. The van der Waals surface area contributed by atoms with E-state index >= 15 is 0 Å². The van der Waals surface area contributed by atoms with E-state index in [0.717, 1.165) is 70.3 Å². The maximum Gasteiger partial charge on any atom is 0.128 e. The summed E-state index contributed by atoms with van der Waals surface area (Å²) in [6, 6.07) is 18.9. The first kappa shape index (κ1) is 23.3. The predicted octanol–water partition coefficient (Wildman–Crippen LogP) is 5.83. The summed E-state index contributed by atoms with van der Waals surface area (Å²) in [5.74, 6) is 0.992. The second kappa shape index (κ2) is 10.8. The highest BCUT2D eigenvalue weighted by Crippen LogP contribution is 2.50. The highest BCUT2D eigenvalue weighted by atomic mass is 19.1. The second-order valence-corrected chi connectivity index (χ2v) is 9.40. The summed E-state index contributed by atoms with van der Waals surface area (Å²) in [7, 11) is 0. The summed E-state index contributed by atoms with van der Waals surface area (Å²) in [5.41, 5.74) is 0.535. The van der Waals surface area contributed by atoms with Crippen molar-refractivity contribution < 1.29 is 9.13 Å². The van der Waals surface area contributed by atoms with E-state index in [0.29, 0.717) is 17.7 Å². The number of nitriles is 2. The Morgan fingerprint density at radius 3 is 2.24 bits per heavy atom. The van der Waals surface area contributed by atoms with Gasteiger partial charge in [-0.15, -0.1) is 0 Å². The molecular formula is C28H32FN3O. The van der Waals surface area contributed by atoms with Gasteiger partial charge in [0.15, 0.2) is 0 Å². The van der Waals surface area contributed by atoms with E-state index in [2.05, 4.69) is 17.0 Å². The van der Waals surface area contributed by atoms with E-state index in [1.165, 1.54) is 6.07 Å². The molecule has 0 bridgehead atoms. The number of nitrogens with zero attached hydrogens (tertiary/aromatic N) is 3. The van der Waals surface area contributed by atoms with Crippen molar-refractivity contribution in [3.8, 4) is 17.9 Å². The lowest BCUT2D eigenvalue weighted by Crippen LogP contribution is -2.47. The van der Waals surface area contributed by atoms with Gasteiger partial charge in [0.25, 0.3) is 0 Å². The third-order valence-electron chi connectivity index (χ3n) is 7.61. The molecule has 33 heavy (non-hydrogen) atoms. The number of halogens is 1. The van der Waals surface area contributed by atoms with Crippen LogP contribution in [0.5, 0.6) is 5.75 Å². The van der Waals surface area contributed by atoms with Gasteiger partial charge in [-0.25, -0.2) is 4.39 Å². The summed E-state index contributed by atoms with van der Waals surface area (Å²) in [6.45, 7) is 3.45. The molecule has 2 aromatic rings. The number of rotatable bonds is 8. The second-order valence-electron chi connectivity index (χ2n) is 9.40. The molecule has 0 radical (unpaired) electrons. The Morgan fingerprint density at radius 2 is 1.61 bits per heavy atom. The molecule has 1 aliphatic heterocycles. The molecule has 2 aliphatic rings. The molecule has 0 N–H and O–H groups in total. The summed E-state index contributed by atoms with van der Waals surface area (Å²) >= 11 is 0. The molecule has 0 amide bonds. The highest BCUT2D eigenvalue weighted by Gasteiger charge is 2.49. The number of hydrogen-bond donors (Lipinski definition) is 0. The molecule has 2 fully saturated rings. The fraction of sp³-hybridized carbons (Fsp3) is 0.500. The monoisotopic (exact) mass is 445 g/mol. The minimum absolute atomic E-state index is 0.189. The normalized spacial score (nSPS) is 19.5. The fourth-order valence-corrected chi connectivity index (χ4v) is 5.91.